The maximum absolute atomic E-state index is 12.2. The summed E-state index contributed by atoms with van der Waals surface area (Å²) in [6.45, 7) is 2.01. The third-order valence-corrected chi connectivity index (χ3v) is 5.13. The molecule has 0 saturated carbocycles. The summed E-state index contributed by atoms with van der Waals surface area (Å²) in [5.74, 6) is 0.824. The van der Waals surface area contributed by atoms with E-state index in [9.17, 15) is 9.59 Å². The van der Waals surface area contributed by atoms with Crippen molar-refractivity contribution < 1.29 is 14.3 Å². The Morgan fingerprint density at radius 1 is 1.17 bits per heavy atom. The van der Waals surface area contributed by atoms with E-state index in [0.29, 0.717) is 17.4 Å². The second-order valence-electron chi connectivity index (χ2n) is 6.45. The number of carbonyl (C=O) groups excluding carboxylic acids is 2. The number of hydrogen-bond acceptors (Lipinski definition) is 6. The lowest BCUT2D eigenvalue weighted by Gasteiger charge is -2.09. The number of nitrogens with zero attached hydrogens (tertiary/aromatic N) is 3. The van der Waals surface area contributed by atoms with Crippen LogP contribution in [0.25, 0.3) is 5.69 Å². The molecule has 2 amide bonds. The Kier molecular flexibility index (Phi) is 7.45. The molecule has 0 fully saturated rings. The Hall–Kier alpha value is -3.33. The smallest absolute Gasteiger partial charge is 0.230 e. The molecule has 1 heterocycles. The summed E-state index contributed by atoms with van der Waals surface area (Å²) in [4.78, 5) is 23.5. The van der Waals surface area contributed by atoms with Gasteiger partial charge in [-0.25, -0.2) is 0 Å². The Labute approximate surface area is 179 Å². The van der Waals surface area contributed by atoms with E-state index in [1.54, 1.807) is 24.1 Å². The maximum atomic E-state index is 12.2. The molecule has 0 aliphatic carbocycles. The highest BCUT2D eigenvalue weighted by Crippen LogP contribution is 2.21. The van der Waals surface area contributed by atoms with E-state index >= 15 is 0 Å². The van der Waals surface area contributed by atoms with Gasteiger partial charge in [-0.05, 0) is 42.3 Å². The lowest BCUT2D eigenvalue weighted by atomic mass is 10.1. The van der Waals surface area contributed by atoms with Crippen molar-refractivity contribution in [1.82, 2.24) is 20.1 Å². The Bertz CT molecular complexity index is 1000. The van der Waals surface area contributed by atoms with Gasteiger partial charge in [-0.1, -0.05) is 30.0 Å². The number of anilines is 1. The van der Waals surface area contributed by atoms with E-state index in [1.165, 1.54) is 18.7 Å². The van der Waals surface area contributed by atoms with Crippen molar-refractivity contribution in [3.63, 3.8) is 0 Å². The van der Waals surface area contributed by atoms with Crippen molar-refractivity contribution in [3.8, 4) is 11.4 Å². The van der Waals surface area contributed by atoms with E-state index < -0.39 is 0 Å². The van der Waals surface area contributed by atoms with Crippen LogP contribution < -0.4 is 15.4 Å². The van der Waals surface area contributed by atoms with Crippen LogP contribution in [0, 0.1) is 0 Å². The maximum Gasteiger partial charge on any atom is 0.230 e. The summed E-state index contributed by atoms with van der Waals surface area (Å²) in [5, 5.41) is 14.3. The Balaban J connectivity index is 1.51. The van der Waals surface area contributed by atoms with E-state index in [2.05, 4.69) is 20.8 Å². The third kappa shape index (κ3) is 6.08. The van der Waals surface area contributed by atoms with Crippen LogP contribution in [0.3, 0.4) is 0 Å². The minimum Gasteiger partial charge on any atom is -0.497 e. The van der Waals surface area contributed by atoms with Gasteiger partial charge in [0.05, 0.1) is 18.6 Å². The molecular weight excluding hydrogens is 402 g/mol. The van der Waals surface area contributed by atoms with Crippen molar-refractivity contribution in [2.75, 3.05) is 24.7 Å². The number of rotatable bonds is 9. The summed E-state index contributed by atoms with van der Waals surface area (Å²) in [5.41, 5.74) is 2.61. The van der Waals surface area contributed by atoms with Crippen LogP contribution >= 0.6 is 11.8 Å². The van der Waals surface area contributed by atoms with Crippen molar-refractivity contribution in [1.29, 1.82) is 0 Å². The highest BCUT2D eigenvalue weighted by atomic mass is 32.2. The number of ether oxygens (including phenoxy) is 1. The van der Waals surface area contributed by atoms with Crippen molar-refractivity contribution in [2.45, 2.75) is 18.5 Å². The molecule has 0 aliphatic heterocycles. The van der Waals surface area contributed by atoms with Gasteiger partial charge in [-0.2, -0.15) is 0 Å². The zero-order chi connectivity index (χ0) is 21.3. The lowest BCUT2D eigenvalue weighted by molar-refractivity contribution is -0.118. The first-order chi connectivity index (χ1) is 14.5. The van der Waals surface area contributed by atoms with Gasteiger partial charge in [0.2, 0.25) is 11.8 Å². The van der Waals surface area contributed by atoms with Gasteiger partial charge in [-0.15, -0.1) is 10.2 Å². The van der Waals surface area contributed by atoms with Gasteiger partial charge < -0.3 is 15.4 Å². The molecule has 0 saturated heterocycles. The molecule has 3 aromatic rings. The summed E-state index contributed by atoms with van der Waals surface area (Å²) in [7, 11) is 1.63. The molecule has 2 aromatic carbocycles. The highest BCUT2D eigenvalue weighted by Gasteiger charge is 2.11. The topological polar surface area (TPSA) is 98.1 Å². The van der Waals surface area contributed by atoms with Crippen LogP contribution in [0.5, 0.6) is 5.75 Å². The van der Waals surface area contributed by atoms with E-state index in [4.69, 9.17) is 4.74 Å². The fourth-order valence-corrected chi connectivity index (χ4v) is 3.52. The summed E-state index contributed by atoms with van der Waals surface area (Å²) >= 11 is 1.30. The SMILES string of the molecule is COc1ccc(CCNC(=O)CSc2nncn2-c2cccc(NC(C)=O)c2)cc1. The van der Waals surface area contributed by atoms with Crippen molar-refractivity contribution >= 4 is 29.3 Å². The molecule has 0 atom stereocenters. The number of nitrogens with one attached hydrogen (secondary N) is 2. The number of amides is 2. The molecule has 0 aliphatic rings. The van der Waals surface area contributed by atoms with Gasteiger partial charge in [0.15, 0.2) is 5.16 Å². The molecule has 8 nitrogen and oxygen atoms in total. The number of hydrogen-bond donors (Lipinski definition) is 2. The monoisotopic (exact) mass is 425 g/mol. The number of thioether (sulfide) groups is 1. The molecule has 156 valence electrons. The number of carbonyl (C=O) groups is 2. The standard InChI is InChI=1S/C21H23N5O3S/c1-15(27)24-17-4-3-5-18(12-17)26-14-23-25-21(26)30-13-20(28)22-11-10-16-6-8-19(29-2)9-7-16/h3-9,12,14H,10-11,13H2,1-2H3,(H,22,28)(H,24,27). The molecule has 1 aromatic heterocycles. The molecule has 0 radical (unpaired) electrons. The fraction of sp³-hybridized carbons (Fsp3) is 0.238. The Morgan fingerprint density at radius 3 is 2.70 bits per heavy atom. The minimum atomic E-state index is -0.142. The van der Waals surface area contributed by atoms with E-state index in [-0.39, 0.29) is 17.6 Å². The summed E-state index contributed by atoms with van der Waals surface area (Å²) in [6.07, 6.45) is 2.32. The average molecular weight is 426 g/mol. The molecule has 0 unspecified atom stereocenters. The van der Waals surface area contributed by atoms with Gasteiger partial charge in [0, 0.05) is 19.2 Å². The second-order valence-corrected chi connectivity index (χ2v) is 7.39. The Morgan fingerprint density at radius 2 is 1.97 bits per heavy atom. The largest absolute Gasteiger partial charge is 0.497 e. The predicted molar refractivity (Wildman–Crippen MR) is 116 cm³/mol. The van der Waals surface area contributed by atoms with Crippen LogP contribution in [0.4, 0.5) is 5.69 Å². The molecular formula is C21H23N5O3S. The zero-order valence-electron chi connectivity index (χ0n) is 16.8. The molecule has 0 spiro atoms. The number of methoxy groups -OCH3 is 1. The predicted octanol–water partition coefficient (Wildman–Crippen LogP) is 2.69. The number of benzene rings is 2. The van der Waals surface area contributed by atoms with E-state index in [0.717, 1.165) is 23.4 Å². The van der Waals surface area contributed by atoms with Crippen LogP contribution in [0.15, 0.2) is 60.0 Å². The fourth-order valence-electron chi connectivity index (χ4n) is 2.76. The van der Waals surface area contributed by atoms with E-state index in [1.807, 2.05) is 42.5 Å². The van der Waals surface area contributed by atoms with Crippen molar-refractivity contribution in [2.24, 2.45) is 0 Å². The quantitative estimate of drug-likeness (QED) is 0.512. The van der Waals surface area contributed by atoms with Gasteiger partial charge >= 0.3 is 0 Å². The average Bonchev–Trinajstić information content (AvgIpc) is 3.21. The summed E-state index contributed by atoms with van der Waals surface area (Å²) < 4.78 is 6.92. The first-order valence-electron chi connectivity index (χ1n) is 9.35. The second kappa shape index (κ2) is 10.4. The van der Waals surface area contributed by atoms with Gasteiger partial charge in [0.25, 0.3) is 0 Å². The molecule has 0 bridgehead atoms. The van der Waals surface area contributed by atoms with Gasteiger partial charge in [0.1, 0.15) is 12.1 Å². The van der Waals surface area contributed by atoms with Crippen LogP contribution in [-0.2, 0) is 16.0 Å². The zero-order valence-corrected chi connectivity index (χ0v) is 17.6. The van der Waals surface area contributed by atoms with Gasteiger partial charge in [-0.3, -0.25) is 14.2 Å². The normalized spacial score (nSPS) is 10.5. The van der Waals surface area contributed by atoms with Crippen LogP contribution in [0.2, 0.25) is 0 Å². The molecule has 3 rings (SSSR count). The van der Waals surface area contributed by atoms with Crippen molar-refractivity contribution in [3.05, 3.63) is 60.4 Å². The first kappa shape index (κ1) is 21.4. The lowest BCUT2D eigenvalue weighted by Crippen LogP contribution is -2.27. The molecule has 2 N–H and O–H groups in total. The minimum absolute atomic E-state index is 0.0740. The third-order valence-electron chi connectivity index (χ3n) is 4.19. The highest BCUT2D eigenvalue weighted by molar-refractivity contribution is 7.99. The number of aromatic nitrogens is 3. The van der Waals surface area contributed by atoms with Crippen LogP contribution in [-0.4, -0.2) is 46.0 Å². The summed E-state index contributed by atoms with van der Waals surface area (Å²) in [6, 6.07) is 15.1. The molecule has 30 heavy (non-hydrogen) atoms. The van der Waals surface area contributed by atoms with Crippen LogP contribution in [0.1, 0.15) is 12.5 Å². The molecule has 9 heteroatoms. The first-order valence-corrected chi connectivity index (χ1v) is 10.3.